The molecule has 9 nitrogen and oxygen atoms in total. The topological polar surface area (TPSA) is 125 Å². The zero-order valence-electron chi connectivity index (χ0n) is 16.0. The monoisotopic (exact) mass is 474 g/mol. The molecule has 1 aliphatic rings. The van der Waals surface area contributed by atoms with E-state index in [1.165, 1.54) is 17.0 Å². The van der Waals surface area contributed by atoms with E-state index in [1.54, 1.807) is 0 Å². The summed E-state index contributed by atoms with van der Waals surface area (Å²) < 4.78 is 81.5. The lowest BCUT2D eigenvalue weighted by Gasteiger charge is -2.29. The number of carbonyl (C=O) groups excluding carboxylic acids is 3. The van der Waals surface area contributed by atoms with Crippen LogP contribution in [0, 0.1) is 5.82 Å². The van der Waals surface area contributed by atoms with Crippen molar-refractivity contribution < 1.29 is 40.4 Å². The van der Waals surface area contributed by atoms with Gasteiger partial charge in [0.05, 0.1) is 10.6 Å². The van der Waals surface area contributed by atoms with Gasteiger partial charge in [-0.05, 0) is 48.5 Å². The highest BCUT2D eigenvalue weighted by atomic mass is 32.2. The molecule has 0 unspecified atom stereocenters. The van der Waals surface area contributed by atoms with Gasteiger partial charge < -0.3 is 10.6 Å². The van der Waals surface area contributed by atoms with Crippen molar-refractivity contribution in [2.75, 3.05) is 10.2 Å². The van der Waals surface area contributed by atoms with Crippen molar-refractivity contribution in [3.05, 3.63) is 54.3 Å². The van der Waals surface area contributed by atoms with Crippen LogP contribution in [0.2, 0.25) is 0 Å². The number of anilines is 2. The summed E-state index contributed by atoms with van der Waals surface area (Å²) in [6.45, 7) is 1.19. The van der Waals surface area contributed by atoms with E-state index in [-0.39, 0.29) is 10.6 Å². The molecule has 32 heavy (non-hydrogen) atoms. The number of rotatable bonds is 5. The average Bonchev–Trinajstić information content (AvgIpc) is 2.93. The molecule has 0 aliphatic carbocycles. The largest absolute Gasteiger partial charge is 0.435 e. The zero-order valence-corrected chi connectivity index (χ0v) is 16.8. The Bertz CT molecular complexity index is 1180. The van der Waals surface area contributed by atoms with E-state index in [0.29, 0.717) is 0 Å². The van der Waals surface area contributed by atoms with E-state index in [9.17, 15) is 40.4 Å². The minimum atomic E-state index is -5.59. The summed E-state index contributed by atoms with van der Waals surface area (Å²) in [4.78, 5) is 35.4. The molecular formula is C18H14F4N4O5S. The maximum atomic E-state index is 13.9. The van der Waals surface area contributed by atoms with E-state index in [4.69, 9.17) is 0 Å². The number of alkyl halides is 3. The molecule has 1 fully saturated rings. The third-order valence-corrected chi connectivity index (χ3v) is 5.77. The van der Waals surface area contributed by atoms with Gasteiger partial charge >= 0.3 is 12.2 Å². The van der Waals surface area contributed by atoms with Crippen LogP contribution in [0.5, 0.6) is 0 Å². The number of halogens is 4. The Hall–Kier alpha value is -3.52. The molecule has 3 rings (SSSR count). The molecule has 0 radical (unpaired) electrons. The second kappa shape index (κ2) is 7.87. The minimum absolute atomic E-state index is 0.0509. The number of sulfonamides is 1. The van der Waals surface area contributed by atoms with Crippen molar-refractivity contribution in [3.8, 4) is 0 Å². The van der Waals surface area contributed by atoms with Crippen molar-refractivity contribution in [2.24, 2.45) is 0 Å². The van der Waals surface area contributed by atoms with Gasteiger partial charge in [-0.1, -0.05) is 0 Å². The summed E-state index contributed by atoms with van der Waals surface area (Å²) in [7, 11) is -5.00. The first-order valence-corrected chi connectivity index (χ1v) is 10.2. The van der Waals surface area contributed by atoms with Crippen molar-refractivity contribution in [3.63, 3.8) is 0 Å². The van der Waals surface area contributed by atoms with Crippen LogP contribution in [-0.4, -0.2) is 38.1 Å². The molecule has 2 aromatic carbocycles. The molecule has 0 spiro atoms. The quantitative estimate of drug-likeness (QED) is 0.452. The van der Waals surface area contributed by atoms with Crippen molar-refractivity contribution in [1.82, 2.24) is 10.0 Å². The Labute approximate surface area is 178 Å². The third-order valence-electron chi connectivity index (χ3n) is 4.30. The molecule has 0 saturated carbocycles. The molecule has 0 aromatic heterocycles. The second-order valence-corrected chi connectivity index (χ2v) is 8.29. The van der Waals surface area contributed by atoms with Crippen LogP contribution < -0.4 is 20.3 Å². The Kier molecular flexibility index (Phi) is 5.69. The van der Waals surface area contributed by atoms with Crippen LogP contribution >= 0.6 is 0 Å². The third kappa shape index (κ3) is 4.13. The summed E-state index contributed by atoms with van der Waals surface area (Å²) in [5.41, 5.74) is -4.23. The summed E-state index contributed by atoms with van der Waals surface area (Å²) in [5, 5.41) is 3.71. The van der Waals surface area contributed by atoms with Crippen LogP contribution in [0.15, 0.2) is 53.4 Å². The average molecular weight is 474 g/mol. The molecule has 4 amide bonds. The van der Waals surface area contributed by atoms with Gasteiger partial charge in [-0.25, -0.2) is 22.5 Å². The fourth-order valence-electron chi connectivity index (χ4n) is 2.85. The number of hydrogen-bond acceptors (Lipinski definition) is 5. The molecular weight excluding hydrogens is 460 g/mol. The number of nitrogens with one attached hydrogen (secondary N) is 3. The zero-order chi connectivity index (χ0) is 23.9. The summed E-state index contributed by atoms with van der Waals surface area (Å²) >= 11 is 0. The van der Waals surface area contributed by atoms with Crippen LogP contribution in [-0.2, 0) is 19.6 Å². The van der Waals surface area contributed by atoms with Gasteiger partial charge in [0.1, 0.15) is 5.82 Å². The number of nitrogens with zero attached hydrogens (tertiary/aromatic N) is 1. The summed E-state index contributed by atoms with van der Waals surface area (Å²) in [6.07, 6.45) is -5.59. The predicted molar refractivity (Wildman–Crippen MR) is 102 cm³/mol. The van der Waals surface area contributed by atoms with Crippen molar-refractivity contribution in [1.29, 1.82) is 0 Å². The van der Waals surface area contributed by atoms with Crippen molar-refractivity contribution in [2.45, 2.75) is 23.7 Å². The molecule has 14 heteroatoms. The Balaban J connectivity index is 2.00. The molecule has 1 atom stereocenters. The van der Waals surface area contributed by atoms with Gasteiger partial charge in [-0.3, -0.25) is 9.59 Å². The Morgan fingerprint density at radius 1 is 1.03 bits per heavy atom. The first-order chi connectivity index (χ1) is 14.8. The van der Waals surface area contributed by atoms with Crippen LogP contribution in [0.25, 0.3) is 0 Å². The lowest BCUT2D eigenvalue weighted by molar-refractivity contribution is -0.194. The number of imide groups is 1. The van der Waals surface area contributed by atoms with Gasteiger partial charge in [0.15, 0.2) is 0 Å². The maximum Gasteiger partial charge on any atom is 0.435 e. The van der Waals surface area contributed by atoms with Gasteiger partial charge in [0, 0.05) is 12.6 Å². The fourth-order valence-corrected chi connectivity index (χ4v) is 4.12. The molecule has 1 saturated heterocycles. The van der Waals surface area contributed by atoms with E-state index in [1.807, 2.05) is 0 Å². The van der Waals surface area contributed by atoms with Crippen LogP contribution in [0.3, 0.4) is 0 Å². The van der Waals surface area contributed by atoms with Gasteiger partial charge in [0.2, 0.25) is 15.9 Å². The van der Waals surface area contributed by atoms with E-state index in [2.05, 4.69) is 5.32 Å². The Morgan fingerprint density at radius 3 is 2.09 bits per heavy atom. The number of carbonyl (C=O) groups is 3. The smallest absolute Gasteiger partial charge is 0.326 e. The maximum absolute atomic E-state index is 13.9. The van der Waals surface area contributed by atoms with E-state index in [0.717, 1.165) is 48.5 Å². The van der Waals surface area contributed by atoms with Crippen LogP contribution in [0.1, 0.15) is 6.92 Å². The standard InChI is InChI=1S/C18H14F4N4O5S/c1-10(27)23-12-4-8-14(9-5-12)32(30,31)25-17(18(20,21)22)15(28)26(16(29)24-17)13-6-2-11(19)3-7-13/h2-9,25H,1H3,(H,23,27)(H,24,29)/t17-/m1/s1. The Morgan fingerprint density at radius 2 is 1.59 bits per heavy atom. The van der Waals surface area contributed by atoms with Gasteiger partial charge in [-0.15, -0.1) is 0 Å². The SMILES string of the molecule is CC(=O)Nc1ccc(S(=O)(=O)N[C@]2(C(F)(F)F)NC(=O)N(c3ccc(F)cc3)C2=O)cc1. The molecule has 3 N–H and O–H groups in total. The number of urea groups is 1. The van der Waals surface area contributed by atoms with Crippen molar-refractivity contribution >= 4 is 39.2 Å². The first kappa shape index (κ1) is 23.1. The minimum Gasteiger partial charge on any atom is -0.326 e. The molecule has 170 valence electrons. The normalized spacial score (nSPS) is 19.1. The van der Waals surface area contributed by atoms with Crippen LogP contribution in [0.4, 0.5) is 33.7 Å². The molecule has 2 aromatic rings. The first-order valence-electron chi connectivity index (χ1n) is 8.67. The lowest BCUT2D eigenvalue weighted by atomic mass is 10.1. The molecule has 0 bridgehead atoms. The lowest BCUT2D eigenvalue weighted by Crippen LogP contribution is -2.69. The molecule has 1 aliphatic heterocycles. The summed E-state index contributed by atoms with van der Waals surface area (Å²) in [6, 6.07) is 5.86. The highest BCUT2D eigenvalue weighted by Gasteiger charge is 2.69. The molecule has 1 heterocycles. The van der Waals surface area contributed by atoms with E-state index >= 15 is 0 Å². The number of amides is 4. The fraction of sp³-hybridized carbons (Fsp3) is 0.167. The van der Waals surface area contributed by atoms with Gasteiger partial charge in [0.25, 0.3) is 11.6 Å². The predicted octanol–water partition coefficient (Wildman–Crippen LogP) is 2.08. The highest BCUT2D eigenvalue weighted by Crippen LogP contribution is 2.37. The number of benzene rings is 2. The van der Waals surface area contributed by atoms with E-state index < -0.39 is 56.1 Å². The number of hydrogen-bond donors (Lipinski definition) is 3. The summed E-state index contributed by atoms with van der Waals surface area (Å²) in [5.74, 6) is -3.21. The van der Waals surface area contributed by atoms with Gasteiger partial charge in [-0.2, -0.15) is 17.9 Å². The highest BCUT2D eigenvalue weighted by molar-refractivity contribution is 7.89. The second-order valence-electron chi connectivity index (χ2n) is 6.61.